The van der Waals surface area contributed by atoms with Crippen LogP contribution in [0.2, 0.25) is 0 Å². The van der Waals surface area contributed by atoms with Crippen LogP contribution in [-0.4, -0.2) is 23.1 Å². The first kappa shape index (κ1) is 14.5. The normalized spacial score (nSPS) is 11.9. The van der Waals surface area contributed by atoms with Crippen LogP contribution in [0.15, 0.2) is 12.1 Å². The lowest BCUT2D eigenvalue weighted by Gasteiger charge is -2.12. The van der Waals surface area contributed by atoms with Crippen LogP contribution in [0.1, 0.15) is 30.0 Å². The molecule has 0 aliphatic carbocycles. The lowest BCUT2D eigenvalue weighted by Crippen LogP contribution is -2.41. The highest BCUT2D eigenvalue weighted by molar-refractivity contribution is 7.11. The second kappa shape index (κ2) is 7.00. The number of carboxylic acid groups (broad SMARTS) is 1. The molecule has 0 radical (unpaired) electrons. The van der Waals surface area contributed by atoms with Crippen molar-refractivity contribution in [2.45, 2.75) is 39.3 Å². The second-order valence-corrected chi connectivity index (χ2v) is 5.30. The fourth-order valence-corrected chi connectivity index (χ4v) is 2.36. The minimum Gasteiger partial charge on any atom is -0.481 e. The molecule has 0 aromatic carbocycles. The zero-order valence-corrected chi connectivity index (χ0v) is 11.3. The molecule has 100 valence electrons. The number of urea groups is 1. The van der Waals surface area contributed by atoms with E-state index >= 15 is 0 Å². The number of carbonyl (C=O) groups excluding carboxylic acids is 1. The molecular weight excluding hydrogens is 252 g/mol. The highest BCUT2D eigenvalue weighted by Gasteiger charge is 2.10. The van der Waals surface area contributed by atoms with E-state index in [1.54, 1.807) is 18.3 Å². The van der Waals surface area contributed by atoms with Crippen molar-refractivity contribution in [3.63, 3.8) is 0 Å². The van der Waals surface area contributed by atoms with Gasteiger partial charge in [-0.2, -0.15) is 0 Å². The molecule has 1 unspecified atom stereocenters. The van der Waals surface area contributed by atoms with Crippen LogP contribution in [-0.2, 0) is 17.8 Å². The molecule has 1 aromatic rings. The van der Waals surface area contributed by atoms with E-state index in [2.05, 4.69) is 17.6 Å². The van der Waals surface area contributed by atoms with Crippen molar-refractivity contribution in [3.05, 3.63) is 21.9 Å². The number of carbonyl (C=O) groups is 2. The maximum atomic E-state index is 11.5. The zero-order valence-electron chi connectivity index (χ0n) is 10.5. The molecule has 1 heterocycles. The van der Waals surface area contributed by atoms with Gasteiger partial charge in [-0.15, -0.1) is 11.3 Å². The Balaban J connectivity index is 2.30. The van der Waals surface area contributed by atoms with E-state index in [9.17, 15) is 9.59 Å². The molecule has 0 saturated carbocycles. The fourth-order valence-electron chi connectivity index (χ4n) is 1.46. The van der Waals surface area contributed by atoms with Crippen LogP contribution >= 0.6 is 11.3 Å². The van der Waals surface area contributed by atoms with Crippen LogP contribution in [0.25, 0.3) is 0 Å². The lowest BCUT2D eigenvalue weighted by atomic mass is 10.2. The summed E-state index contributed by atoms with van der Waals surface area (Å²) in [4.78, 5) is 24.3. The molecule has 1 aromatic heterocycles. The van der Waals surface area contributed by atoms with Gasteiger partial charge >= 0.3 is 12.0 Å². The summed E-state index contributed by atoms with van der Waals surface area (Å²) in [5, 5.41) is 13.8. The quantitative estimate of drug-likeness (QED) is 0.739. The monoisotopic (exact) mass is 270 g/mol. The third-order valence-electron chi connectivity index (χ3n) is 2.35. The van der Waals surface area contributed by atoms with E-state index in [0.29, 0.717) is 6.54 Å². The van der Waals surface area contributed by atoms with Crippen molar-refractivity contribution < 1.29 is 14.7 Å². The number of aryl methyl sites for hydroxylation is 1. The first-order valence-corrected chi connectivity index (χ1v) is 6.66. The Labute approximate surface area is 110 Å². The number of rotatable bonds is 6. The lowest BCUT2D eigenvalue weighted by molar-refractivity contribution is -0.137. The Kier molecular flexibility index (Phi) is 5.64. The number of nitrogens with one attached hydrogen (secondary N) is 2. The SMILES string of the molecule is CCc1ccc(CNC(=O)NC(C)CC(=O)O)s1. The average Bonchev–Trinajstić information content (AvgIpc) is 2.72. The fraction of sp³-hybridized carbons (Fsp3) is 0.500. The molecule has 3 N–H and O–H groups in total. The van der Waals surface area contributed by atoms with Gasteiger partial charge in [-0.25, -0.2) is 4.79 Å². The minimum atomic E-state index is -0.923. The van der Waals surface area contributed by atoms with Crippen molar-refractivity contribution in [3.8, 4) is 0 Å². The molecule has 6 heteroatoms. The Bertz CT molecular complexity index is 417. The smallest absolute Gasteiger partial charge is 0.315 e. The minimum absolute atomic E-state index is 0.0770. The number of aliphatic carboxylic acids is 1. The molecule has 0 bridgehead atoms. The molecule has 0 spiro atoms. The van der Waals surface area contributed by atoms with Gasteiger partial charge in [0.25, 0.3) is 0 Å². The van der Waals surface area contributed by atoms with E-state index in [1.807, 2.05) is 12.1 Å². The Hall–Kier alpha value is -1.56. The predicted octanol–water partition coefficient (Wildman–Crippen LogP) is 1.97. The zero-order chi connectivity index (χ0) is 13.5. The molecule has 0 aliphatic heterocycles. The third-order valence-corrected chi connectivity index (χ3v) is 3.58. The summed E-state index contributed by atoms with van der Waals surface area (Å²) in [6, 6.07) is 3.32. The largest absolute Gasteiger partial charge is 0.481 e. The Morgan fingerprint density at radius 2 is 2.06 bits per heavy atom. The standard InChI is InChI=1S/C12H18N2O3S/c1-3-9-4-5-10(18-9)7-13-12(17)14-8(2)6-11(15)16/h4-5,8H,3,6-7H2,1-2H3,(H,15,16)(H2,13,14,17). The first-order valence-electron chi connectivity index (χ1n) is 5.85. The van der Waals surface area contributed by atoms with Gasteiger partial charge in [0.05, 0.1) is 13.0 Å². The molecule has 1 atom stereocenters. The van der Waals surface area contributed by atoms with Gasteiger partial charge in [-0.05, 0) is 25.5 Å². The van der Waals surface area contributed by atoms with Gasteiger partial charge in [0.2, 0.25) is 0 Å². The number of hydrogen-bond acceptors (Lipinski definition) is 3. The van der Waals surface area contributed by atoms with Gasteiger partial charge in [0.1, 0.15) is 0 Å². The molecule has 2 amide bonds. The molecule has 0 saturated heterocycles. The maximum Gasteiger partial charge on any atom is 0.315 e. The third kappa shape index (κ3) is 5.18. The molecule has 0 fully saturated rings. The molecule has 0 aliphatic rings. The number of hydrogen-bond donors (Lipinski definition) is 3. The van der Waals surface area contributed by atoms with Crippen molar-refractivity contribution in [2.24, 2.45) is 0 Å². The number of thiophene rings is 1. The Morgan fingerprint density at radius 3 is 2.61 bits per heavy atom. The van der Waals surface area contributed by atoms with Gasteiger partial charge < -0.3 is 15.7 Å². The van der Waals surface area contributed by atoms with Gasteiger partial charge in [-0.1, -0.05) is 6.92 Å². The molecular formula is C12H18N2O3S. The van der Waals surface area contributed by atoms with E-state index in [1.165, 1.54) is 4.88 Å². The summed E-state index contributed by atoms with van der Waals surface area (Å²) in [6.45, 7) is 4.22. The maximum absolute atomic E-state index is 11.5. The topological polar surface area (TPSA) is 78.4 Å². The average molecular weight is 270 g/mol. The van der Waals surface area contributed by atoms with E-state index in [-0.39, 0.29) is 18.5 Å². The van der Waals surface area contributed by atoms with Crippen molar-refractivity contribution >= 4 is 23.3 Å². The van der Waals surface area contributed by atoms with Crippen molar-refractivity contribution in [2.75, 3.05) is 0 Å². The van der Waals surface area contributed by atoms with Crippen LogP contribution in [0.3, 0.4) is 0 Å². The number of amides is 2. The molecule has 5 nitrogen and oxygen atoms in total. The summed E-state index contributed by atoms with van der Waals surface area (Å²) in [5.41, 5.74) is 0. The highest BCUT2D eigenvalue weighted by atomic mass is 32.1. The summed E-state index contributed by atoms with van der Waals surface area (Å²) in [6.07, 6.45) is 0.916. The van der Waals surface area contributed by atoms with Gasteiger partial charge in [-0.3, -0.25) is 4.79 Å². The van der Waals surface area contributed by atoms with Crippen molar-refractivity contribution in [1.29, 1.82) is 0 Å². The van der Waals surface area contributed by atoms with Crippen LogP contribution in [0.5, 0.6) is 0 Å². The summed E-state index contributed by atoms with van der Waals surface area (Å²) >= 11 is 1.67. The predicted molar refractivity (Wildman–Crippen MR) is 70.8 cm³/mol. The summed E-state index contributed by atoms with van der Waals surface area (Å²) < 4.78 is 0. The Morgan fingerprint density at radius 1 is 1.39 bits per heavy atom. The molecule has 18 heavy (non-hydrogen) atoms. The van der Waals surface area contributed by atoms with Crippen LogP contribution in [0, 0.1) is 0 Å². The van der Waals surface area contributed by atoms with Gasteiger partial charge in [0.15, 0.2) is 0 Å². The summed E-state index contributed by atoms with van der Waals surface area (Å²) in [5.74, 6) is -0.923. The first-order chi connectivity index (χ1) is 8.51. The second-order valence-electron chi connectivity index (χ2n) is 4.05. The van der Waals surface area contributed by atoms with E-state index in [4.69, 9.17) is 5.11 Å². The summed E-state index contributed by atoms with van der Waals surface area (Å²) in [7, 11) is 0. The highest BCUT2D eigenvalue weighted by Crippen LogP contribution is 2.16. The van der Waals surface area contributed by atoms with Crippen molar-refractivity contribution in [1.82, 2.24) is 10.6 Å². The van der Waals surface area contributed by atoms with E-state index < -0.39 is 5.97 Å². The number of carboxylic acids is 1. The van der Waals surface area contributed by atoms with Crippen LogP contribution in [0.4, 0.5) is 4.79 Å². The van der Waals surface area contributed by atoms with Crippen LogP contribution < -0.4 is 10.6 Å². The van der Waals surface area contributed by atoms with Gasteiger partial charge in [0, 0.05) is 15.8 Å². The van der Waals surface area contributed by atoms with E-state index in [0.717, 1.165) is 11.3 Å². The molecule has 1 rings (SSSR count).